The number of aliphatic carboxylic acids is 1. The first kappa shape index (κ1) is 16.2. The highest BCUT2D eigenvalue weighted by atomic mass is 79.9. The molecule has 114 valence electrons. The number of thioether (sulfide) groups is 1. The summed E-state index contributed by atoms with van der Waals surface area (Å²) in [5, 5.41) is 11.9. The van der Waals surface area contributed by atoms with Gasteiger partial charge in [-0.1, -0.05) is 22.0 Å². The lowest BCUT2D eigenvalue weighted by atomic mass is 9.99. The molecule has 21 heavy (non-hydrogen) atoms. The highest BCUT2D eigenvalue weighted by molar-refractivity contribution is 9.10. The van der Waals surface area contributed by atoms with Crippen LogP contribution in [0.2, 0.25) is 0 Å². The van der Waals surface area contributed by atoms with Crippen molar-refractivity contribution >= 4 is 39.6 Å². The number of amides is 1. The van der Waals surface area contributed by atoms with Gasteiger partial charge >= 0.3 is 5.97 Å². The van der Waals surface area contributed by atoms with E-state index >= 15 is 0 Å². The molecule has 1 aromatic carbocycles. The third kappa shape index (κ3) is 4.38. The molecule has 1 aromatic rings. The van der Waals surface area contributed by atoms with E-state index < -0.39 is 11.5 Å². The van der Waals surface area contributed by atoms with Crippen molar-refractivity contribution in [2.24, 2.45) is 0 Å². The molecule has 2 N–H and O–H groups in total. The monoisotopic (exact) mass is 373 g/mol. The summed E-state index contributed by atoms with van der Waals surface area (Å²) in [5.41, 5.74) is -1.11. The average molecular weight is 374 g/mol. The second-order valence-electron chi connectivity index (χ2n) is 4.79. The van der Waals surface area contributed by atoms with E-state index in [0.717, 1.165) is 10.2 Å². The first-order valence-electron chi connectivity index (χ1n) is 6.52. The van der Waals surface area contributed by atoms with E-state index in [-0.39, 0.29) is 18.9 Å². The highest BCUT2D eigenvalue weighted by Gasteiger charge is 2.43. The van der Waals surface area contributed by atoms with Gasteiger partial charge in [-0.25, -0.2) is 4.79 Å². The standard InChI is InChI=1S/C14H16BrNO4S/c15-10-2-1-3-11(8-10)20-6-4-12(17)16-14(13(18)19)5-7-21-9-14/h1-3,8H,4-7,9H2,(H,16,17)(H,18,19). The Labute approximate surface area is 135 Å². The van der Waals surface area contributed by atoms with Crippen molar-refractivity contribution in [1.29, 1.82) is 0 Å². The fourth-order valence-electron chi connectivity index (χ4n) is 2.03. The Bertz CT molecular complexity index is 531. The number of halogens is 1. The van der Waals surface area contributed by atoms with Gasteiger partial charge in [-0.05, 0) is 30.4 Å². The molecule has 1 aliphatic rings. The molecule has 1 unspecified atom stereocenters. The predicted octanol–water partition coefficient (Wildman–Crippen LogP) is 2.29. The minimum atomic E-state index is -1.11. The fourth-order valence-corrected chi connectivity index (χ4v) is 3.74. The topological polar surface area (TPSA) is 75.6 Å². The maximum Gasteiger partial charge on any atom is 0.330 e. The largest absolute Gasteiger partial charge is 0.493 e. The summed E-state index contributed by atoms with van der Waals surface area (Å²) in [7, 11) is 0. The quantitative estimate of drug-likeness (QED) is 0.799. The van der Waals surface area contributed by atoms with E-state index in [1.807, 2.05) is 18.2 Å². The first-order chi connectivity index (χ1) is 10.0. The molecule has 5 nitrogen and oxygen atoms in total. The van der Waals surface area contributed by atoms with E-state index in [1.165, 1.54) is 0 Å². The molecule has 7 heteroatoms. The summed E-state index contributed by atoms with van der Waals surface area (Å²) in [6.45, 7) is 0.213. The number of hydrogen-bond acceptors (Lipinski definition) is 4. The number of hydrogen-bond donors (Lipinski definition) is 2. The molecule has 0 saturated carbocycles. The lowest BCUT2D eigenvalue weighted by molar-refractivity contribution is -0.146. The van der Waals surface area contributed by atoms with Gasteiger partial charge in [0, 0.05) is 10.2 Å². The van der Waals surface area contributed by atoms with Crippen LogP contribution in [-0.2, 0) is 9.59 Å². The van der Waals surface area contributed by atoms with E-state index in [2.05, 4.69) is 21.2 Å². The zero-order valence-electron chi connectivity index (χ0n) is 11.3. The van der Waals surface area contributed by atoms with Gasteiger partial charge in [0.1, 0.15) is 11.3 Å². The van der Waals surface area contributed by atoms with Crippen molar-refractivity contribution in [2.75, 3.05) is 18.1 Å². The number of carbonyl (C=O) groups is 2. The molecule has 0 spiro atoms. The molecule has 0 radical (unpaired) electrons. The second kappa shape index (κ2) is 7.17. The van der Waals surface area contributed by atoms with E-state index in [0.29, 0.717) is 17.9 Å². The Kier molecular flexibility index (Phi) is 5.52. The number of carboxylic acid groups (broad SMARTS) is 1. The van der Waals surface area contributed by atoms with Gasteiger partial charge in [-0.2, -0.15) is 11.8 Å². The number of nitrogens with one attached hydrogen (secondary N) is 1. The second-order valence-corrected chi connectivity index (χ2v) is 6.81. The summed E-state index contributed by atoms with van der Waals surface area (Å²) in [5.74, 6) is 0.576. The number of carbonyl (C=O) groups excluding carboxylic acids is 1. The summed E-state index contributed by atoms with van der Waals surface area (Å²) in [6, 6.07) is 7.34. The van der Waals surface area contributed by atoms with Gasteiger partial charge in [0.2, 0.25) is 5.91 Å². The summed E-state index contributed by atoms with van der Waals surface area (Å²) in [6.07, 6.45) is 0.595. The molecule has 0 bridgehead atoms. The molecular formula is C14H16BrNO4S. The van der Waals surface area contributed by atoms with Crippen LogP contribution in [0.15, 0.2) is 28.7 Å². The number of carboxylic acids is 1. The van der Waals surface area contributed by atoms with Crippen LogP contribution in [0.3, 0.4) is 0 Å². The Morgan fingerprint density at radius 1 is 1.48 bits per heavy atom. The van der Waals surface area contributed by atoms with Crippen molar-refractivity contribution < 1.29 is 19.4 Å². The maximum absolute atomic E-state index is 11.9. The first-order valence-corrected chi connectivity index (χ1v) is 8.47. The smallest absolute Gasteiger partial charge is 0.330 e. The zero-order valence-corrected chi connectivity index (χ0v) is 13.7. The Hall–Kier alpha value is -1.21. The molecule has 0 aromatic heterocycles. The predicted molar refractivity (Wildman–Crippen MR) is 84.7 cm³/mol. The van der Waals surface area contributed by atoms with Gasteiger partial charge < -0.3 is 15.2 Å². The minimum absolute atomic E-state index is 0.131. The van der Waals surface area contributed by atoms with Crippen LogP contribution in [-0.4, -0.2) is 40.6 Å². The molecular weight excluding hydrogens is 358 g/mol. The minimum Gasteiger partial charge on any atom is -0.493 e. The fraction of sp³-hybridized carbons (Fsp3) is 0.429. The Morgan fingerprint density at radius 2 is 2.29 bits per heavy atom. The van der Waals surface area contributed by atoms with Gasteiger partial charge in [-0.3, -0.25) is 4.79 Å². The highest BCUT2D eigenvalue weighted by Crippen LogP contribution is 2.28. The van der Waals surface area contributed by atoms with Crippen LogP contribution >= 0.6 is 27.7 Å². The van der Waals surface area contributed by atoms with Gasteiger partial charge in [0.15, 0.2) is 0 Å². The zero-order chi connectivity index (χ0) is 15.3. The molecule has 1 fully saturated rings. The average Bonchev–Trinajstić information content (AvgIpc) is 2.88. The van der Waals surface area contributed by atoms with Crippen LogP contribution in [0.25, 0.3) is 0 Å². The van der Waals surface area contributed by atoms with Gasteiger partial charge in [0.05, 0.1) is 13.0 Å². The van der Waals surface area contributed by atoms with Crippen LogP contribution in [0.4, 0.5) is 0 Å². The van der Waals surface area contributed by atoms with Crippen LogP contribution in [0, 0.1) is 0 Å². The van der Waals surface area contributed by atoms with Crippen molar-refractivity contribution in [2.45, 2.75) is 18.4 Å². The van der Waals surface area contributed by atoms with Crippen molar-refractivity contribution in [3.63, 3.8) is 0 Å². The van der Waals surface area contributed by atoms with Gasteiger partial charge in [0.25, 0.3) is 0 Å². The lowest BCUT2D eigenvalue weighted by Gasteiger charge is -2.24. The molecule has 1 heterocycles. The van der Waals surface area contributed by atoms with E-state index in [4.69, 9.17) is 4.74 Å². The Morgan fingerprint density at radius 3 is 2.90 bits per heavy atom. The van der Waals surface area contributed by atoms with Crippen LogP contribution in [0.5, 0.6) is 5.75 Å². The summed E-state index contributed by atoms with van der Waals surface area (Å²) < 4.78 is 6.37. The Balaban J connectivity index is 1.81. The van der Waals surface area contributed by atoms with E-state index in [9.17, 15) is 14.7 Å². The third-order valence-electron chi connectivity index (χ3n) is 3.20. The molecule has 2 rings (SSSR count). The molecule has 1 atom stereocenters. The molecule has 1 saturated heterocycles. The number of ether oxygens (including phenoxy) is 1. The van der Waals surface area contributed by atoms with E-state index in [1.54, 1.807) is 17.8 Å². The maximum atomic E-state index is 11.9. The molecule has 0 aliphatic carbocycles. The van der Waals surface area contributed by atoms with Crippen molar-refractivity contribution in [3.8, 4) is 5.75 Å². The number of benzene rings is 1. The van der Waals surface area contributed by atoms with Crippen molar-refractivity contribution in [1.82, 2.24) is 5.32 Å². The molecule has 1 aliphatic heterocycles. The van der Waals surface area contributed by atoms with Crippen LogP contribution < -0.4 is 10.1 Å². The SMILES string of the molecule is O=C(CCOc1cccc(Br)c1)NC1(C(=O)O)CCSC1. The molecule has 1 amide bonds. The third-order valence-corrected chi connectivity index (χ3v) is 4.89. The number of rotatable bonds is 6. The normalized spacial score (nSPS) is 21.0. The summed E-state index contributed by atoms with van der Waals surface area (Å²) >= 11 is 4.88. The summed E-state index contributed by atoms with van der Waals surface area (Å²) in [4.78, 5) is 23.2. The van der Waals surface area contributed by atoms with Crippen molar-refractivity contribution in [3.05, 3.63) is 28.7 Å². The van der Waals surface area contributed by atoms with Gasteiger partial charge in [-0.15, -0.1) is 0 Å². The van der Waals surface area contributed by atoms with Crippen LogP contribution in [0.1, 0.15) is 12.8 Å². The lowest BCUT2D eigenvalue weighted by Crippen LogP contribution is -2.54.